The largest absolute Gasteiger partial charge is 0.476 e. The summed E-state index contributed by atoms with van der Waals surface area (Å²) in [5.74, 6) is -1.84. The van der Waals surface area contributed by atoms with Gasteiger partial charge in [0, 0.05) is 34.3 Å². The van der Waals surface area contributed by atoms with Crippen LogP contribution in [0.2, 0.25) is 0 Å². The van der Waals surface area contributed by atoms with Gasteiger partial charge in [0.15, 0.2) is 5.69 Å². The van der Waals surface area contributed by atoms with Crippen molar-refractivity contribution in [1.82, 2.24) is 10.1 Å². The first-order chi connectivity index (χ1) is 20.3. The van der Waals surface area contributed by atoms with Crippen LogP contribution in [0.1, 0.15) is 52.3 Å². The topological polar surface area (TPSA) is 175 Å². The molecule has 0 bridgehead atoms. The molecule has 2 aromatic heterocycles. The number of rotatable bonds is 10. The molecule has 4 aromatic rings. The van der Waals surface area contributed by atoms with E-state index in [2.05, 4.69) is 15.1 Å². The molecular weight excluding hydrogens is 600 g/mol. The fourth-order valence-electron chi connectivity index (χ4n) is 4.68. The lowest BCUT2D eigenvalue weighted by Gasteiger charge is -2.17. The Hall–Kier alpha value is -4.27. The predicted molar refractivity (Wildman–Crippen MR) is 157 cm³/mol. The van der Waals surface area contributed by atoms with Crippen LogP contribution in [0.15, 0.2) is 61.8 Å². The van der Waals surface area contributed by atoms with E-state index < -0.39 is 27.6 Å². The van der Waals surface area contributed by atoms with Crippen LogP contribution in [0, 0.1) is 31.4 Å². The average molecular weight is 628 g/mol. The Bertz CT molecular complexity index is 1890. The van der Waals surface area contributed by atoms with E-state index in [1.165, 1.54) is 29.6 Å². The minimum atomic E-state index is -4.14. The molecule has 0 unspecified atom stereocenters. The van der Waals surface area contributed by atoms with Crippen LogP contribution in [0.4, 0.5) is 13.9 Å². The van der Waals surface area contributed by atoms with Crippen molar-refractivity contribution in [3.05, 3.63) is 87.3 Å². The number of halogens is 2. The number of carboxylic acid groups (broad SMARTS) is 1. The highest BCUT2D eigenvalue weighted by Gasteiger charge is 2.28. The number of carbonyl (C=O) groups is 1. The van der Waals surface area contributed by atoms with E-state index in [-0.39, 0.29) is 44.9 Å². The van der Waals surface area contributed by atoms with E-state index in [0.717, 1.165) is 30.2 Å². The second kappa shape index (κ2) is 11.8. The first-order valence-corrected chi connectivity index (χ1v) is 15.5. The van der Waals surface area contributed by atoms with Gasteiger partial charge in [-0.3, -0.25) is 0 Å². The third kappa shape index (κ3) is 6.71. The van der Waals surface area contributed by atoms with E-state index in [0.29, 0.717) is 40.3 Å². The molecule has 5 N–H and O–H groups in total. The standard InChI is InChI=1S/C29H27F2N5O5S2/c1-14-26(15(2)41-36-14)20-11-18(6-8-22(20)30)27(32)21(10-17-5-7-19(12-23(17)31)43(33,39)40)24(9-16-3-4-16)34-29-35-25(13-42-29)28(37)38/h5-8,11-13,16H,3-4,9-10,32H2,1-2H3,(H,37,38)(H2,33,39,40). The maximum atomic E-state index is 15.3. The van der Waals surface area contributed by atoms with Crippen LogP contribution in [0.25, 0.3) is 16.8 Å². The number of carboxylic acids is 1. The summed E-state index contributed by atoms with van der Waals surface area (Å²) in [4.78, 5) is 19.8. The second-order valence-electron chi connectivity index (χ2n) is 10.3. The first kappa shape index (κ1) is 30.2. The number of allylic oxidation sites excluding steroid dienone is 1. The monoisotopic (exact) mass is 627 g/mol. The normalized spacial score (nSPS) is 14.6. The van der Waals surface area contributed by atoms with Gasteiger partial charge in [-0.15, -0.1) is 11.3 Å². The van der Waals surface area contributed by atoms with Gasteiger partial charge in [0.05, 0.1) is 16.2 Å². The molecule has 1 fully saturated rings. The van der Waals surface area contributed by atoms with Gasteiger partial charge in [-0.2, -0.15) is 0 Å². The average Bonchev–Trinajstić information content (AvgIpc) is 3.53. The van der Waals surface area contributed by atoms with Crippen molar-refractivity contribution >= 4 is 43.9 Å². The number of thiazole rings is 1. The summed E-state index contributed by atoms with van der Waals surface area (Å²) in [6, 6.07) is 7.66. The van der Waals surface area contributed by atoms with Crippen LogP contribution < -0.4 is 10.9 Å². The van der Waals surface area contributed by atoms with Gasteiger partial charge < -0.3 is 15.4 Å². The molecule has 43 heavy (non-hydrogen) atoms. The van der Waals surface area contributed by atoms with Crippen LogP contribution in [-0.4, -0.2) is 35.3 Å². The first-order valence-electron chi connectivity index (χ1n) is 13.1. The number of aromatic nitrogens is 2. The zero-order valence-electron chi connectivity index (χ0n) is 23.1. The van der Waals surface area contributed by atoms with Crippen molar-refractivity contribution in [1.29, 1.82) is 0 Å². The number of benzene rings is 2. The van der Waals surface area contributed by atoms with Crippen molar-refractivity contribution < 1.29 is 31.6 Å². The number of hydrogen-bond donors (Lipinski definition) is 3. The van der Waals surface area contributed by atoms with Crippen molar-refractivity contribution in [2.45, 2.75) is 44.4 Å². The Labute approximate surface area is 249 Å². The highest BCUT2D eigenvalue weighted by molar-refractivity contribution is 7.89. The van der Waals surface area contributed by atoms with Gasteiger partial charge in [0.25, 0.3) is 0 Å². The smallest absolute Gasteiger partial charge is 0.355 e. The summed E-state index contributed by atoms with van der Waals surface area (Å²) in [7, 11) is -4.14. The van der Waals surface area contributed by atoms with E-state index in [9.17, 15) is 18.3 Å². The summed E-state index contributed by atoms with van der Waals surface area (Å²) >= 11 is 1.03. The molecular formula is C29H27F2N5O5S2. The van der Waals surface area contributed by atoms with Gasteiger partial charge in [-0.05, 0) is 80.5 Å². The molecule has 5 rings (SSSR count). The van der Waals surface area contributed by atoms with Gasteiger partial charge in [0.1, 0.15) is 17.4 Å². The van der Waals surface area contributed by atoms with Crippen LogP contribution >= 0.6 is 11.3 Å². The van der Waals surface area contributed by atoms with Gasteiger partial charge in [-0.25, -0.2) is 37.1 Å². The SMILES string of the molecule is Cc1noc(C)c1-c1cc(C(N)=C(Cc2ccc(S(N)(=O)=O)cc2F)C(CC2CC2)=Nc2nc(C(=O)O)cs2)ccc1F. The molecule has 0 atom stereocenters. The van der Waals surface area contributed by atoms with E-state index in [4.69, 9.17) is 15.4 Å². The Balaban J connectivity index is 1.69. The molecule has 1 aliphatic rings. The molecule has 1 saturated carbocycles. The predicted octanol–water partition coefficient (Wildman–Crippen LogP) is 5.52. The quantitative estimate of drug-likeness (QED) is 0.193. The number of sulfonamides is 1. The summed E-state index contributed by atoms with van der Waals surface area (Å²) in [6.07, 6.45) is 2.22. The summed E-state index contributed by atoms with van der Waals surface area (Å²) in [5, 5.41) is 20.0. The maximum absolute atomic E-state index is 15.3. The number of nitrogens with two attached hydrogens (primary N) is 2. The van der Waals surface area contributed by atoms with Crippen molar-refractivity contribution in [2.24, 2.45) is 21.8 Å². The van der Waals surface area contributed by atoms with Crippen LogP contribution in [0.3, 0.4) is 0 Å². The summed E-state index contributed by atoms with van der Waals surface area (Å²) < 4.78 is 59.2. The van der Waals surface area contributed by atoms with E-state index in [1.807, 2.05) is 0 Å². The molecule has 0 aliphatic heterocycles. The Morgan fingerprint density at radius 2 is 1.91 bits per heavy atom. The summed E-state index contributed by atoms with van der Waals surface area (Å²) in [6.45, 7) is 3.36. The van der Waals surface area contributed by atoms with Crippen molar-refractivity contribution in [2.75, 3.05) is 0 Å². The minimum Gasteiger partial charge on any atom is -0.476 e. The van der Waals surface area contributed by atoms with Crippen LogP contribution in [-0.2, 0) is 16.4 Å². The zero-order chi connectivity index (χ0) is 31.1. The minimum absolute atomic E-state index is 0.108. The number of aliphatic imine (C=N–C) groups is 1. The van der Waals surface area contributed by atoms with E-state index >= 15 is 8.78 Å². The molecule has 224 valence electrons. The fraction of sp³-hybridized carbons (Fsp3) is 0.241. The lowest BCUT2D eigenvalue weighted by molar-refractivity contribution is 0.0691. The Kier molecular flexibility index (Phi) is 8.27. The van der Waals surface area contributed by atoms with Crippen molar-refractivity contribution in [3.63, 3.8) is 0 Å². The Morgan fingerprint density at radius 3 is 2.49 bits per heavy atom. The number of nitrogens with zero attached hydrogens (tertiary/aromatic N) is 3. The molecule has 2 heterocycles. The second-order valence-corrected chi connectivity index (χ2v) is 12.7. The number of hydrogen-bond acceptors (Lipinski definition) is 9. The lowest BCUT2D eigenvalue weighted by Crippen LogP contribution is -2.16. The molecule has 0 spiro atoms. The molecule has 14 heteroatoms. The van der Waals surface area contributed by atoms with Gasteiger partial charge in [-0.1, -0.05) is 11.2 Å². The Morgan fingerprint density at radius 1 is 1.16 bits per heavy atom. The molecule has 0 radical (unpaired) electrons. The number of aromatic carboxylic acids is 1. The highest BCUT2D eigenvalue weighted by atomic mass is 32.2. The zero-order valence-corrected chi connectivity index (χ0v) is 24.7. The lowest BCUT2D eigenvalue weighted by atomic mass is 9.91. The maximum Gasteiger partial charge on any atom is 0.355 e. The number of aryl methyl sites for hydroxylation is 2. The van der Waals surface area contributed by atoms with Crippen LogP contribution in [0.5, 0.6) is 0 Å². The van der Waals surface area contributed by atoms with Crippen molar-refractivity contribution in [3.8, 4) is 11.1 Å². The fourth-order valence-corrected chi connectivity index (χ4v) is 5.89. The molecule has 1 aliphatic carbocycles. The molecule has 0 saturated heterocycles. The number of primary sulfonamides is 1. The molecule has 10 nitrogen and oxygen atoms in total. The molecule has 2 aromatic carbocycles. The highest BCUT2D eigenvalue weighted by Crippen LogP contribution is 2.37. The van der Waals surface area contributed by atoms with Gasteiger partial charge in [0.2, 0.25) is 15.2 Å². The molecule has 0 amide bonds. The van der Waals surface area contributed by atoms with Gasteiger partial charge >= 0.3 is 5.97 Å². The van der Waals surface area contributed by atoms with E-state index in [1.54, 1.807) is 19.9 Å². The third-order valence-corrected chi connectivity index (χ3v) is 8.74. The third-order valence-electron chi connectivity index (χ3n) is 7.09. The summed E-state index contributed by atoms with van der Waals surface area (Å²) in [5.41, 5.74) is 9.37.